The molecule has 4 atom stereocenters. The number of aromatic nitrogens is 2. The molecule has 0 aliphatic carbocycles. The van der Waals surface area contributed by atoms with E-state index >= 15 is 0 Å². The average Bonchev–Trinajstić information content (AvgIpc) is 3.94. The van der Waals surface area contributed by atoms with Crippen LogP contribution in [0.1, 0.15) is 102 Å². The van der Waals surface area contributed by atoms with Gasteiger partial charge in [-0.2, -0.15) is 4.57 Å². The number of para-hydroxylation sites is 3. The smallest absolute Gasteiger partial charge is 0.294 e. The van der Waals surface area contributed by atoms with E-state index in [2.05, 4.69) is 231 Å². The molecule has 292 valence electrons. The Morgan fingerprint density at radius 1 is 0.559 bits per heavy atom. The number of imidazole rings is 1. The molecule has 3 aliphatic heterocycles. The molecule has 0 saturated heterocycles. The van der Waals surface area contributed by atoms with Gasteiger partial charge in [-0.25, -0.2) is 4.57 Å². The number of anilines is 2. The molecule has 0 fully saturated rings. The third-order valence-corrected chi connectivity index (χ3v) is 13.3. The summed E-state index contributed by atoms with van der Waals surface area (Å²) < 4.78 is 5.03. The van der Waals surface area contributed by atoms with Crippen LogP contribution in [0.25, 0.3) is 28.5 Å². The van der Waals surface area contributed by atoms with E-state index in [1.807, 2.05) is 0 Å². The van der Waals surface area contributed by atoms with Crippen molar-refractivity contribution in [2.45, 2.75) is 77.4 Å². The normalized spacial score (nSPS) is 19.3. The van der Waals surface area contributed by atoms with Gasteiger partial charge in [-0.3, -0.25) is 0 Å². The summed E-state index contributed by atoms with van der Waals surface area (Å²) in [5.74, 6) is 2.09. The van der Waals surface area contributed by atoms with Gasteiger partial charge in [0.2, 0.25) is 0 Å². The van der Waals surface area contributed by atoms with Crippen molar-refractivity contribution < 1.29 is 4.57 Å². The van der Waals surface area contributed by atoms with Gasteiger partial charge in [0.15, 0.2) is 0 Å². The summed E-state index contributed by atoms with van der Waals surface area (Å²) >= 11 is 0. The monoisotopic (exact) mass is 769 g/mol. The first-order chi connectivity index (χ1) is 28.8. The van der Waals surface area contributed by atoms with Crippen LogP contribution in [0.3, 0.4) is 0 Å². The Morgan fingerprint density at radius 3 is 1.71 bits per heavy atom. The fourth-order valence-electron chi connectivity index (χ4n) is 10.7. The van der Waals surface area contributed by atoms with Crippen LogP contribution in [0.4, 0.5) is 11.4 Å². The molecule has 4 unspecified atom stereocenters. The number of hydrogen-bond donors (Lipinski definition) is 0. The van der Waals surface area contributed by atoms with Gasteiger partial charge < -0.3 is 9.80 Å². The highest BCUT2D eigenvalue weighted by Crippen LogP contribution is 2.61. The van der Waals surface area contributed by atoms with Crippen LogP contribution >= 0.6 is 0 Å². The van der Waals surface area contributed by atoms with Gasteiger partial charge in [0.25, 0.3) is 5.82 Å². The predicted octanol–water partition coefficient (Wildman–Crippen LogP) is 13.1. The second kappa shape index (κ2) is 14.5. The molecule has 4 heterocycles. The Balaban J connectivity index is 1.25. The van der Waals surface area contributed by atoms with Crippen LogP contribution in [0.15, 0.2) is 171 Å². The number of nitrogens with zero attached hydrogens (tertiary/aromatic N) is 4. The van der Waals surface area contributed by atoms with E-state index in [1.54, 1.807) is 0 Å². The van der Waals surface area contributed by atoms with E-state index < -0.39 is 0 Å². The van der Waals surface area contributed by atoms with Gasteiger partial charge in [0, 0.05) is 45.5 Å². The predicted molar refractivity (Wildman–Crippen MR) is 245 cm³/mol. The molecule has 0 saturated carbocycles. The van der Waals surface area contributed by atoms with E-state index in [9.17, 15) is 0 Å². The molecule has 1 aromatic heterocycles. The molecule has 3 aliphatic rings. The van der Waals surface area contributed by atoms with Crippen LogP contribution in [-0.2, 0) is 0 Å². The second-order valence-corrected chi connectivity index (χ2v) is 17.2. The Morgan fingerprint density at radius 2 is 1.10 bits per heavy atom. The highest BCUT2D eigenvalue weighted by atomic mass is 15.4. The van der Waals surface area contributed by atoms with Gasteiger partial charge in [-0.05, 0) is 78.3 Å². The standard InChI is InChI=1S/C55H53N4/c1-8-47-49(44-27-16-17-28-45(44)54-56(47)33-34-57(54)51-40(35(2)3)30-20-31-41(51)36(4)5)50-46-29-18-19-32-48(46)59-53(43-26-15-13-22-38(43)7)52(42-25-14-12-21-37(42)6)58(55(50)59)39-23-10-9-11-24-39/h8-36,47,49-50,55H,1H2,2-7H3/q+1. The summed E-state index contributed by atoms with van der Waals surface area (Å²) in [6.07, 6.45) is 6.80. The molecule has 0 amide bonds. The Bertz CT molecular complexity index is 2690. The molecule has 59 heavy (non-hydrogen) atoms. The number of rotatable bonds is 8. The minimum Gasteiger partial charge on any atom is -0.317 e. The zero-order chi connectivity index (χ0) is 40.5. The summed E-state index contributed by atoms with van der Waals surface area (Å²) in [6.45, 7) is 18.4. The van der Waals surface area contributed by atoms with E-state index in [-0.39, 0.29) is 24.0 Å². The molecular weight excluding hydrogens is 717 g/mol. The van der Waals surface area contributed by atoms with Crippen molar-refractivity contribution in [3.63, 3.8) is 0 Å². The Labute approximate surface area is 350 Å². The minimum atomic E-state index is -0.0574. The third-order valence-electron chi connectivity index (χ3n) is 13.3. The Hall–Kier alpha value is -6.39. The molecule has 7 aromatic rings. The number of hydrogen-bond acceptors (Lipinski definition) is 2. The molecule has 0 radical (unpaired) electrons. The summed E-state index contributed by atoms with van der Waals surface area (Å²) in [5.41, 5.74) is 18.1. The number of benzene rings is 6. The van der Waals surface area contributed by atoms with Crippen LogP contribution in [-0.4, -0.2) is 10.7 Å². The molecule has 10 rings (SSSR count). The van der Waals surface area contributed by atoms with Crippen LogP contribution < -0.4 is 14.4 Å². The molecule has 0 bridgehead atoms. The molecule has 6 aromatic carbocycles. The van der Waals surface area contributed by atoms with Gasteiger partial charge in [0.05, 0.1) is 17.0 Å². The quantitative estimate of drug-likeness (QED) is 0.113. The molecule has 0 N–H and O–H groups in total. The zero-order valence-corrected chi connectivity index (χ0v) is 35.0. The van der Waals surface area contributed by atoms with Crippen LogP contribution in [0.2, 0.25) is 0 Å². The molecule has 4 nitrogen and oxygen atoms in total. The Kier molecular flexibility index (Phi) is 9.05. The van der Waals surface area contributed by atoms with Gasteiger partial charge >= 0.3 is 0 Å². The van der Waals surface area contributed by atoms with E-state index in [4.69, 9.17) is 0 Å². The molecular formula is C55H53N4+. The van der Waals surface area contributed by atoms with E-state index in [0.717, 1.165) is 0 Å². The van der Waals surface area contributed by atoms with Crippen LogP contribution in [0, 0.1) is 13.8 Å². The first-order valence-corrected chi connectivity index (χ1v) is 21.4. The van der Waals surface area contributed by atoms with Gasteiger partial charge in [-0.1, -0.05) is 156 Å². The second-order valence-electron chi connectivity index (χ2n) is 17.2. The minimum absolute atomic E-state index is 0.0186. The van der Waals surface area contributed by atoms with E-state index in [1.165, 1.54) is 84.4 Å². The molecule has 0 spiro atoms. The summed E-state index contributed by atoms with van der Waals surface area (Å²) in [4.78, 5) is 5.37. The lowest BCUT2D eigenvalue weighted by molar-refractivity contribution is -0.706. The van der Waals surface area contributed by atoms with E-state index in [0.29, 0.717) is 11.8 Å². The fraction of sp³-hybridized carbons (Fsp3) is 0.218. The van der Waals surface area contributed by atoms with Crippen molar-refractivity contribution in [2.24, 2.45) is 0 Å². The summed E-state index contributed by atoms with van der Waals surface area (Å²) in [6, 6.07) is 54.2. The maximum absolute atomic E-state index is 4.65. The average molecular weight is 770 g/mol. The number of aryl methyl sites for hydroxylation is 2. The van der Waals surface area contributed by atoms with Crippen molar-refractivity contribution in [1.82, 2.24) is 4.57 Å². The maximum atomic E-state index is 4.65. The third kappa shape index (κ3) is 5.60. The lowest BCUT2D eigenvalue weighted by atomic mass is 9.72. The van der Waals surface area contributed by atoms with Gasteiger partial charge in [-0.15, -0.1) is 0 Å². The largest absolute Gasteiger partial charge is 0.317 e. The highest BCUT2D eigenvalue weighted by Gasteiger charge is 2.57. The zero-order valence-electron chi connectivity index (χ0n) is 35.0. The van der Waals surface area contributed by atoms with Gasteiger partial charge in [0.1, 0.15) is 30.3 Å². The lowest BCUT2D eigenvalue weighted by Crippen LogP contribution is -2.51. The fourth-order valence-corrected chi connectivity index (χ4v) is 10.7. The summed E-state index contributed by atoms with van der Waals surface area (Å²) in [5, 5.41) is 0. The maximum Gasteiger partial charge on any atom is 0.294 e. The topological polar surface area (TPSA) is 15.3 Å². The van der Waals surface area contributed by atoms with Crippen molar-refractivity contribution in [2.75, 3.05) is 9.80 Å². The van der Waals surface area contributed by atoms with Crippen molar-refractivity contribution >= 4 is 22.8 Å². The van der Waals surface area contributed by atoms with Crippen LogP contribution in [0.5, 0.6) is 0 Å². The summed E-state index contributed by atoms with van der Waals surface area (Å²) in [7, 11) is 0. The van der Waals surface area contributed by atoms with Crippen molar-refractivity contribution in [3.8, 4) is 17.1 Å². The van der Waals surface area contributed by atoms with Crippen molar-refractivity contribution in [3.05, 3.63) is 215 Å². The van der Waals surface area contributed by atoms with Crippen molar-refractivity contribution in [1.29, 1.82) is 0 Å². The lowest BCUT2D eigenvalue weighted by Gasteiger charge is -2.41. The first-order valence-electron chi connectivity index (χ1n) is 21.4. The SMILES string of the molecule is C=CC1C(C2c3ccccc3N3C(c4ccccc4C)=C(c4ccccc4C)N(c4ccccc4)C23)c2ccccc2-c2n(-c3c(C(C)C)cccc3C(C)C)cc[n+]21. The number of fused-ring (bicyclic) bond motifs is 6. The molecule has 4 heteroatoms. The highest BCUT2D eigenvalue weighted by molar-refractivity contribution is 6.09. The first kappa shape index (κ1) is 36.9. The number of allylic oxidation sites excluding steroid dienone is 1.